The van der Waals surface area contributed by atoms with Crippen LogP contribution in [-0.2, 0) is 11.1 Å². The first kappa shape index (κ1) is 10.8. The van der Waals surface area contributed by atoms with E-state index in [-0.39, 0.29) is 15.3 Å². The van der Waals surface area contributed by atoms with Crippen molar-refractivity contribution in [2.24, 2.45) is 0 Å². The van der Waals surface area contributed by atoms with E-state index in [4.69, 9.17) is 23.2 Å². The van der Waals surface area contributed by atoms with Gasteiger partial charge in [-0.25, -0.2) is 9.97 Å². The highest BCUT2D eigenvalue weighted by Crippen LogP contribution is 2.23. The van der Waals surface area contributed by atoms with E-state index in [1.807, 2.05) is 0 Å². The molecule has 1 atom stereocenters. The van der Waals surface area contributed by atoms with Crippen molar-refractivity contribution in [3.63, 3.8) is 0 Å². The summed E-state index contributed by atoms with van der Waals surface area (Å²) < 4.78 is 21.4. The Hall–Kier alpha value is -0.750. The van der Waals surface area contributed by atoms with Gasteiger partial charge in [-0.15, -0.1) is 0 Å². The Kier molecular flexibility index (Phi) is 2.88. The van der Waals surface area contributed by atoms with Crippen molar-refractivity contribution >= 4 is 45.2 Å². The number of aromatic nitrogens is 2. The second-order valence-corrected chi connectivity index (χ2v) is 4.33. The fourth-order valence-corrected chi connectivity index (χ4v) is 1.99. The molecular weight excluding hydrogens is 259 g/mol. The summed E-state index contributed by atoms with van der Waals surface area (Å²) in [5.41, 5.74) is 0.404. The molecule has 0 fully saturated rings. The lowest BCUT2D eigenvalue weighted by Gasteiger charge is -2.06. The SMILES string of the molecule is O=S([O-])c1ccc2c(Cl)nc(Cl)nc2c1. The molecule has 78 valence electrons. The normalized spacial score (nSPS) is 13.0. The lowest BCUT2D eigenvalue weighted by molar-refractivity contribution is 0.537. The van der Waals surface area contributed by atoms with Gasteiger partial charge in [0.1, 0.15) is 5.15 Å². The Bertz CT molecular complexity index is 562. The minimum Gasteiger partial charge on any atom is -0.768 e. The third kappa shape index (κ3) is 2.10. The summed E-state index contributed by atoms with van der Waals surface area (Å²) in [5, 5.41) is 0.754. The van der Waals surface area contributed by atoms with Gasteiger partial charge in [-0.2, -0.15) is 0 Å². The van der Waals surface area contributed by atoms with Gasteiger partial charge in [0.15, 0.2) is 0 Å². The van der Waals surface area contributed by atoms with Crippen molar-refractivity contribution in [1.29, 1.82) is 0 Å². The molecule has 0 amide bonds. The highest BCUT2D eigenvalue weighted by molar-refractivity contribution is 7.79. The van der Waals surface area contributed by atoms with Crippen LogP contribution in [-0.4, -0.2) is 18.7 Å². The predicted octanol–water partition coefficient (Wildman–Crippen LogP) is 2.17. The Morgan fingerprint density at radius 3 is 2.67 bits per heavy atom. The molecule has 7 heteroatoms. The van der Waals surface area contributed by atoms with Crippen LogP contribution >= 0.6 is 23.2 Å². The molecule has 0 spiro atoms. The molecule has 1 aromatic heterocycles. The second-order valence-electron chi connectivity index (χ2n) is 2.70. The number of fused-ring (bicyclic) bond motifs is 1. The zero-order valence-electron chi connectivity index (χ0n) is 7.11. The number of rotatable bonds is 1. The maximum absolute atomic E-state index is 10.7. The number of halogens is 2. The fraction of sp³-hybridized carbons (Fsp3) is 0. The van der Waals surface area contributed by atoms with Crippen LogP contribution in [0.25, 0.3) is 10.9 Å². The highest BCUT2D eigenvalue weighted by atomic mass is 35.5. The third-order valence-electron chi connectivity index (χ3n) is 1.79. The quantitative estimate of drug-likeness (QED) is 0.448. The average molecular weight is 262 g/mol. The summed E-state index contributed by atoms with van der Waals surface area (Å²) in [6.07, 6.45) is 0. The Morgan fingerprint density at radius 2 is 2.00 bits per heavy atom. The van der Waals surface area contributed by atoms with Crippen molar-refractivity contribution in [1.82, 2.24) is 9.97 Å². The summed E-state index contributed by atoms with van der Waals surface area (Å²) >= 11 is 9.11. The van der Waals surface area contributed by atoms with Gasteiger partial charge >= 0.3 is 0 Å². The first-order valence-corrected chi connectivity index (χ1v) is 5.63. The van der Waals surface area contributed by atoms with Gasteiger partial charge in [-0.3, -0.25) is 4.21 Å². The molecule has 0 N–H and O–H groups in total. The van der Waals surface area contributed by atoms with E-state index in [1.165, 1.54) is 12.1 Å². The van der Waals surface area contributed by atoms with Gasteiger partial charge in [0, 0.05) is 10.3 Å². The highest BCUT2D eigenvalue weighted by Gasteiger charge is 2.05. The van der Waals surface area contributed by atoms with Crippen molar-refractivity contribution in [2.45, 2.75) is 4.90 Å². The topological polar surface area (TPSA) is 65.9 Å². The predicted molar refractivity (Wildman–Crippen MR) is 56.7 cm³/mol. The molecule has 0 saturated carbocycles. The van der Waals surface area contributed by atoms with E-state index in [9.17, 15) is 8.76 Å². The van der Waals surface area contributed by atoms with Crippen LogP contribution in [0.2, 0.25) is 10.4 Å². The minimum atomic E-state index is -2.29. The second kappa shape index (κ2) is 4.02. The van der Waals surface area contributed by atoms with Crippen molar-refractivity contribution in [3.8, 4) is 0 Å². The van der Waals surface area contributed by atoms with Crippen LogP contribution in [0, 0.1) is 0 Å². The van der Waals surface area contributed by atoms with E-state index in [1.54, 1.807) is 6.07 Å². The molecule has 1 unspecified atom stereocenters. The van der Waals surface area contributed by atoms with Crippen LogP contribution in [0.1, 0.15) is 0 Å². The Labute approximate surface area is 97.5 Å². The molecule has 2 aromatic rings. The van der Waals surface area contributed by atoms with Crippen LogP contribution < -0.4 is 0 Å². The summed E-state index contributed by atoms with van der Waals surface area (Å²) in [6, 6.07) is 4.35. The average Bonchev–Trinajstić information content (AvgIpc) is 2.16. The maximum atomic E-state index is 10.7. The van der Waals surface area contributed by atoms with E-state index in [0.29, 0.717) is 10.9 Å². The Balaban J connectivity index is 2.76. The van der Waals surface area contributed by atoms with Crippen molar-refractivity contribution in [3.05, 3.63) is 28.6 Å². The molecule has 0 aliphatic carbocycles. The first-order chi connectivity index (χ1) is 7.08. The van der Waals surface area contributed by atoms with Crippen LogP contribution in [0.3, 0.4) is 0 Å². The molecule has 15 heavy (non-hydrogen) atoms. The minimum absolute atomic E-state index is 0.0127. The largest absolute Gasteiger partial charge is 0.768 e. The van der Waals surface area contributed by atoms with Gasteiger partial charge in [0.05, 0.1) is 5.52 Å². The fourth-order valence-electron chi connectivity index (χ4n) is 1.15. The van der Waals surface area contributed by atoms with Gasteiger partial charge < -0.3 is 4.55 Å². The van der Waals surface area contributed by atoms with E-state index in [2.05, 4.69) is 9.97 Å². The monoisotopic (exact) mass is 261 g/mol. The van der Waals surface area contributed by atoms with Crippen molar-refractivity contribution < 1.29 is 8.76 Å². The number of benzene rings is 1. The number of hydrogen-bond donors (Lipinski definition) is 0. The van der Waals surface area contributed by atoms with Crippen LogP contribution in [0.5, 0.6) is 0 Å². The van der Waals surface area contributed by atoms with E-state index >= 15 is 0 Å². The molecule has 0 aliphatic rings. The van der Waals surface area contributed by atoms with Gasteiger partial charge in [0.25, 0.3) is 0 Å². The summed E-state index contributed by atoms with van der Waals surface area (Å²) in [6.45, 7) is 0. The van der Waals surface area contributed by atoms with E-state index in [0.717, 1.165) is 0 Å². The van der Waals surface area contributed by atoms with Crippen LogP contribution in [0.15, 0.2) is 23.1 Å². The zero-order chi connectivity index (χ0) is 11.0. The molecule has 0 saturated heterocycles. The molecule has 4 nitrogen and oxygen atoms in total. The standard InChI is InChI=1S/C8H4Cl2N2O2S/c9-7-5-2-1-4(15(13)14)3-6(5)11-8(10)12-7/h1-3H,(H,13,14)/p-1. The molecule has 2 rings (SSSR count). The zero-order valence-corrected chi connectivity index (χ0v) is 9.44. The van der Waals surface area contributed by atoms with Crippen molar-refractivity contribution in [2.75, 3.05) is 0 Å². The first-order valence-electron chi connectivity index (χ1n) is 3.80. The lowest BCUT2D eigenvalue weighted by atomic mass is 10.2. The molecule has 1 heterocycles. The lowest BCUT2D eigenvalue weighted by Crippen LogP contribution is -1.91. The number of hydrogen-bond acceptors (Lipinski definition) is 4. The van der Waals surface area contributed by atoms with Gasteiger partial charge in [-0.1, -0.05) is 11.6 Å². The number of nitrogens with zero attached hydrogens (tertiary/aromatic N) is 2. The maximum Gasteiger partial charge on any atom is 0.224 e. The van der Waals surface area contributed by atoms with Gasteiger partial charge in [0.2, 0.25) is 5.28 Å². The summed E-state index contributed by atoms with van der Waals surface area (Å²) in [4.78, 5) is 7.75. The van der Waals surface area contributed by atoms with E-state index < -0.39 is 11.1 Å². The smallest absolute Gasteiger partial charge is 0.224 e. The van der Waals surface area contributed by atoms with Crippen LogP contribution in [0.4, 0.5) is 0 Å². The Morgan fingerprint density at radius 1 is 1.27 bits per heavy atom. The molecule has 0 aliphatic heterocycles. The van der Waals surface area contributed by atoms with Gasteiger partial charge in [-0.05, 0) is 40.9 Å². The summed E-state index contributed by atoms with van der Waals surface area (Å²) in [5.74, 6) is 0. The molecule has 0 radical (unpaired) electrons. The molecule has 0 bridgehead atoms. The summed E-state index contributed by atoms with van der Waals surface area (Å²) in [7, 11) is 0. The molecular formula is C8H3Cl2N2O2S-. The molecule has 1 aromatic carbocycles. The third-order valence-corrected chi connectivity index (χ3v) is 2.88.